The van der Waals surface area contributed by atoms with Crippen LogP contribution in [0.5, 0.6) is 0 Å². The number of hydrogen-bond donors (Lipinski definition) is 0. The number of rotatable bonds is 3. The summed E-state index contributed by atoms with van der Waals surface area (Å²) in [7, 11) is 0. The Kier molecular flexibility index (Phi) is 11.6. The van der Waals surface area contributed by atoms with Crippen molar-refractivity contribution in [1.82, 2.24) is 9.97 Å². The minimum atomic E-state index is -0.741. The van der Waals surface area contributed by atoms with Crippen molar-refractivity contribution in [3.63, 3.8) is 0 Å². The first-order valence-corrected chi connectivity index (χ1v) is 8.21. The number of pyridine rings is 2. The zero-order valence-electron chi connectivity index (χ0n) is 14.5. The first kappa shape index (κ1) is 24.1. The van der Waals surface area contributed by atoms with E-state index in [4.69, 9.17) is 5.26 Å². The average molecular weight is 567 g/mol. The van der Waals surface area contributed by atoms with Crippen LogP contribution in [0.15, 0.2) is 46.5 Å². The van der Waals surface area contributed by atoms with Crippen molar-refractivity contribution in [3.05, 3.63) is 57.6 Å². The van der Waals surface area contributed by atoms with Gasteiger partial charge in [0, 0.05) is 12.4 Å². The molecule has 0 aliphatic heterocycles. The number of nitrogens with zero attached hydrogens (tertiary/aromatic N) is 3. The number of ether oxygens (including phenoxy) is 1. The van der Waals surface area contributed by atoms with Gasteiger partial charge in [-0.25, -0.2) is 4.79 Å². The summed E-state index contributed by atoms with van der Waals surface area (Å²) in [5, 5.41) is 8.35. The summed E-state index contributed by atoms with van der Waals surface area (Å²) in [6, 6.07) is 9.64. The second kappa shape index (κ2) is 12.5. The van der Waals surface area contributed by atoms with Crippen LogP contribution in [0.3, 0.4) is 0 Å². The molecule has 0 spiro atoms. The van der Waals surface area contributed by atoms with Gasteiger partial charge in [0.25, 0.3) is 0 Å². The number of carbonyl (C=O) groups is 1. The summed E-state index contributed by atoms with van der Waals surface area (Å²) in [6.07, 6.45) is 3.63. The van der Waals surface area contributed by atoms with Crippen LogP contribution in [-0.2, 0) is 55.9 Å². The van der Waals surface area contributed by atoms with Gasteiger partial charge >= 0.3 is 27.0 Å². The molecular weight excluding hydrogens is 549 g/mol. The second-order valence-electron chi connectivity index (χ2n) is 4.93. The van der Waals surface area contributed by atoms with E-state index in [1.807, 2.05) is 36.7 Å². The molecule has 0 aliphatic carbocycles. The van der Waals surface area contributed by atoms with E-state index in [1.54, 1.807) is 13.0 Å². The maximum absolute atomic E-state index is 10.8. The van der Waals surface area contributed by atoms with Gasteiger partial charge in [0.15, 0.2) is 0 Å². The van der Waals surface area contributed by atoms with Crippen molar-refractivity contribution in [1.29, 1.82) is 5.26 Å². The van der Waals surface area contributed by atoms with Gasteiger partial charge in [-0.2, -0.15) is 5.26 Å². The van der Waals surface area contributed by atoms with E-state index >= 15 is 0 Å². The average Bonchev–Trinajstić information content (AvgIpc) is 2.56. The number of nitriles is 1. The van der Waals surface area contributed by atoms with Gasteiger partial charge in [-0.1, -0.05) is 0 Å². The summed E-state index contributed by atoms with van der Waals surface area (Å²) < 4.78 is 4.36. The molecule has 0 aromatic carbocycles. The fourth-order valence-electron chi connectivity index (χ4n) is 1.73. The van der Waals surface area contributed by atoms with Gasteiger partial charge in [-0.3, -0.25) is 9.97 Å². The van der Waals surface area contributed by atoms with E-state index in [1.165, 1.54) is 11.1 Å². The molecule has 0 saturated heterocycles. The minimum Gasteiger partial charge on any atom is -0.806 e. The van der Waals surface area contributed by atoms with Gasteiger partial charge in [-0.05, 0) is 56.2 Å². The Morgan fingerprint density at radius 2 is 1.58 bits per heavy atom. The Bertz CT molecular complexity index is 773. The molecule has 0 unspecified atom stereocenters. The molecule has 2 aromatic heterocycles. The third-order valence-corrected chi connectivity index (χ3v) is 3.30. The Hall–Kier alpha value is -1.87. The maximum Gasteiger partial charge on any atom is 2.00 e. The van der Waals surface area contributed by atoms with Gasteiger partial charge < -0.3 is 34.2 Å². The summed E-state index contributed by atoms with van der Waals surface area (Å²) in [5.41, 5.74) is 4.02. The standard InChI is InChI=1S/C12H12N2.C6H7NO2S2.Pt/c1-9-3-5-13-11(7-9)12-8-10(2)4-6-14-12;1-2-9-5(8)4(3-7)6(10)11;/h3-8H,1-2H3;10-11H,2H2,1H3;/q;;+2/p-2. The number of aromatic nitrogens is 2. The molecule has 0 aliphatic rings. The Morgan fingerprint density at radius 3 is 1.88 bits per heavy atom. The van der Waals surface area contributed by atoms with E-state index in [0.717, 1.165) is 11.4 Å². The van der Waals surface area contributed by atoms with Crippen molar-refractivity contribution in [2.24, 2.45) is 0 Å². The smallest absolute Gasteiger partial charge is 0.806 e. The Balaban J connectivity index is 0.000000479. The summed E-state index contributed by atoms with van der Waals surface area (Å²) in [4.78, 5) is 19.4. The Labute approximate surface area is 179 Å². The van der Waals surface area contributed by atoms with Crippen molar-refractivity contribution in [2.45, 2.75) is 20.8 Å². The zero-order chi connectivity index (χ0) is 18.8. The SMILES string of the molecule is CCOC(=O)C(C#N)=C([S-])[S-].Cc1ccnc(-c2cc(C)ccn2)c1.[Pt+2]. The third-order valence-electron chi connectivity index (χ3n) is 2.89. The summed E-state index contributed by atoms with van der Waals surface area (Å²) in [6.45, 7) is 5.96. The number of hydrogen-bond acceptors (Lipinski definition) is 7. The molecule has 8 heteroatoms. The van der Waals surface area contributed by atoms with Crippen molar-refractivity contribution in [2.75, 3.05) is 6.61 Å². The molecule has 26 heavy (non-hydrogen) atoms. The molecule has 0 fully saturated rings. The minimum absolute atomic E-state index is 0. The fraction of sp³-hybridized carbons (Fsp3) is 0.222. The van der Waals surface area contributed by atoms with Crippen LogP contribution in [-0.4, -0.2) is 22.5 Å². The van der Waals surface area contributed by atoms with Crippen LogP contribution in [0.1, 0.15) is 18.1 Å². The van der Waals surface area contributed by atoms with E-state index in [-0.39, 0.29) is 37.5 Å². The quantitative estimate of drug-likeness (QED) is 0.245. The van der Waals surface area contributed by atoms with E-state index in [2.05, 4.69) is 53.8 Å². The monoisotopic (exact) mass is 566 g/mol. The molecule has 0 saturated carbocycles. The second-order valence-corrected chi connectivity index (χ2v) is 6.01. The normalized spacial score (nSPS) is 8.85. The predicted molar refractivity (Wildman–Crippen MR) is 101 cm³/mol. The number of carbonyl (C=O) groups excluding carboxylic acids is 1. The van der Waals surface area contributed by atoms with Crippen molar-refractivity contribution >= 4 is 31.2 Å². The molecule has 5 nitrogen and oxygen atoms in total. The first-order valence-electron chi connectivity index (χ1n) is 7.40. The van der Waals surface area contributed by atoms with Gasteiger partial charge in [0.05, 0.1) is 23.6 Å². The maximum atomic E-state index is 10.8. The Morgan fingerprint density at radius 1 is 1.12 bits per heavy atom. The van der Waals surface area contributed by atoms with E-state index in [9.17, 15) is 4.79 Å². The third kappa shape index (κ3) is 8.01. The number of esters is 1. The van der Waals surface area contributed by atoms with Crippen LogP contribution in [0.2, 0.25) is 0 Å². The molecule has 0 atom stereocenters. The molecular formula is C18H17N3O2PtS2. The largest absolute Gasteiger partial charge is 2.00 e. The zero-order valence-corrected chi connectivity index (χ0v) is 18.4. The van der Waals surface area contributed by atoms with Crippen LogP contribution < -0.4 is 0 Å². The fourth-order valence-corrected chi connectivity index (χ4v) is 1.99. The number of aryl methyl sites for hydroxylation is 2. The topological polar surface area (TPSA) is 75.9 Å². The molecule has 0 amide bonds. The molecule has 2 heterocycles. The summed E-state index contributed by atoms with van der Waals surface area (Å²) >= 11 is 8.92. The molecule has 0 N–H and O–H groups in total. The molecule has 2 rings (SSSR count). The van der Waals surface area contributed by atoms with Crippen LogP contribution in [0, 0.1) is 25.2 Å². The first-order chi connectivity index (χ1) is 11.9. The molecule has 138 valence electrons. The molecule has 0 bridgehead atoms. The molecule has 2 aromatic rings. The van der Waals surface area contributed by atoms with Crippen molar-refractivity contribution in [3.8, 4) is 17.5 Å². The van der Waals surface area contributed by atoms with E-state index < -0.39 is 5.97 Å². The van der Waals surface area contributed by atoms with E-state index in [0.29, 0.717) is 0 Å². The van der Waals surface area contributed by atoms with Crippen LogP contribution >= 0.6 is 0 Å². The van der Waals surface area contributed by atoms with Crippen LogP contribution in [0.25, 0.3) is 11.4 Å². The molecule has 0 radical (unpaired) electrons. The van der Waals surface area contributed by atoms with Crippen LogP contribution in [0.4, 0.5) is 0 Å². The van der Waals surface area contributed by atoms with Crippen molar-refractivity contribution < 1.29 is 30.6 Å². The van der Waals surface area contributed by atoms with Gasteiger partial charge in [0.1, 0.15) is 6.07 Å². The summed E-state index contributed by atoms with van der Waals surface area (Å²) in [5.74, 6) is -0.741. The van der Waals surface area contributed by atoms with Gasteiger partial charge in [0.2, 0.25) is 0 Å². The predicted octanol–water partition coefficient (Wildman–Crippen LogP) is 3.14. The van der Waals surface area contributed by atoms with Gasteiger partial charge in [-0.15, -0.1) is 0 Å².